The van der Waals surface area contributed by atoms with Crippen LogP contribution in [-0.4, -0.2) is 21.1 Å². The molecular formula is C4H6ClNOS. The van der Waals surface area contributed by atoms with E-state index in [1.54, 1.807) is 22.8 Å². The zero-order chi connectivity index (χ0) is 6.15. The van der Waals surface area contributed by atoms with Crippen LogP contribution in [-0.2, 0) is 11.0 Å². The zero-order valence-electron chi connectivity index (χ0n) is 4.37. The molecule has 0 spiro atoms. The summed E-state index contributed by atoms with van der Waals surface area (Å²) in [5.74, 6) is 0. The van der Waals surface area contributed by atoms with Gasteiger partial charge in [0.15, 0.2) is 0 Å². The first kappa shape index (κ1) is 6.26. The van der Waals surface area contributed by atoms with Gasteiger partial charge in [0.25, 0.3) is 0 Å². The lowest BCUT2D eigenvalue weighted by Gasteiger charge is -2.08. The predicted octanol–water partition coefficient (Wildman–Crippen LogP) is 0.674. The summed E-state index contributed by atoms with van der Waals surface area (Å²) < 4.78 is 12.2. The SMILES string of the molecule is CN1C(Cl)C=CS1=O. The summed E-state index contributed by atoms with van der Waals surface area (Å²) in [7, 11) is 0.739. The molecule has 0 aliphatic carbocycles. The molecule has 1 rings (SSSR count). The molecule has 0 aromatic heterocycles. The molecule has 0 radical (unpaired) electrons. The van der Waals surface area contributed by atoms with E-state index in [1.165, 1.54) is 0 Å². The highest BCUT2D eigenvalue weighted by molar-refractivity contribution is 7.86. The molecule has 4 heteroatoms. The minimum absolute atomic E-state index is 0.184. The van der Waals surface area contributed by atoms with E-state index >= 15 is 0 Å². The van der Waals surface area contributed by atoms with Crippen LogP contribution in [0.4, 0.5) is 0 Å². The van der Waals surface area contributed by atoms with E-state index in [0.717, 1.165) is 0 Å². The lowest BCUT2D eigenvalue weighted by molar-refractivity contribution is 0.556. The van der Waals surface area contributed by atoms with E-state index in [2.05, 4.69) is 0 Å². The number of hydrogen-bond acceptors (Lipinski definition) is 1. The molecule has 46 valence electrons. The third-order valence-electron chi connectivity index (χ3n) is 0.985. The summed E-state index contributed by atoms with van der Waals surface area (Å²) in [5.41, 5.74) is -0.184. The lowest BCUT2D eigenvalue weighted by Crippen LogP contribution is -2.20. The maximum Gasteiger partial charge on any atom is 0.121 e. The number of halogens is 1. The Bertz CT molecular complexity index is 147. The van der Waals surface area contributed by atoms with Crippen molar-refractivity contribution in [3.8, 4) is 0 Å². The molecule has 1 aliphatic rings. The normalized spacial score (nSPS) is 38.8. The van der Waals surface area contributed by atoms with E-state index < -0.39 is 11.0 Å². The van der Waals surface area contributed by atoms with Gasteiger partial charge < -0.3 is 0 Å². The van der Waals surface area contributed by atoms with Gasteiger partial charge in [-0.05, 0) is 6.08 Å². The van der Waals surface area contributed by atoms with Gasteiger partial charge in [-0.25, -0.2) is 8.51 Å². The number of alkyl halides is 1. The highest BCUT2D eigenvalue weighted by atomic mass is 35.5. The van der Waals surface area contributed by atoms with Crippen molar-refractivity contribution < 1.29 is 4.21 Å². The summed E-state index contributed by atoms with van der Waals surface area (Å²) in [6, 6.07) is 0. The molecule has 0 aromatic carbocycles. The molecule has 1 heterocycles. The van der Waals surface area contributed by atoms with Gasteiger partial charge >= 0.3 is 0 Å². The van der Waals surface area contributed by atoms with Crippen LogP contribution in [0.2, 0.25) is 0 Å². The van der Waals surface area contributed by atoms with Gasteiger partial charge in [0.2, 0.25) is 0 Å². The fourth-order valence-corrected chi connectivity index (χ4v) is 1.59. The summed E-state index contributed by atoms with van der Waals surface area (Å²) in [6.45, 7) is 0. The fourth-order valence-electron chi connectivity index (χ4n) is 0.448. The maximum absolute atomic E-state index is 10.7. The van der Waals surface area contributed by atoms with E-state index in [4.69, 9.17) is 11.6 Å². The largest absolute Gasteiger partial charge is 0.238 e. The Balaban J connectivity index is 2.69. The van der Waals surface area contributed by atoms with E-state index in [9.17, 15) is 4.21 Å². The molecule has 8 heavy (non-hydrogen) atoms. The molecule has 2 atom stereocenters. The number of hydrogen-bond donors (Lipinski definition) is 0. The van der Waals surface area contributed by atoms with E-state index in [-0.39, 0.29) is 5.50 Å². The Morgan fingerprint density at radius 1 is 1.88 bits per heavy atom. The third kappa shape index (κ3) is 0.940. The number of likely N-dealkylation sites (N-methyl/N-ethyl adjacent to an activating group) is 1. The summed E-state index contributed by atoms with van der Waals surface area (Å²) >= 11 is 5.60. The van der Waals surface area contributed by atoms with Gasteiger partial charge in [0, 0.05) is 12.5 Å². The van der Waals surface area contributed by atoms with Crippen molar-refractivity contribution >= 4 is 22.6 Å². The Morgan fingerprint density at radius 3 is 2.62 bits per heavy atom. The van der Waals surface area contributed by atoms with Crippen molar-refractivity contribution in [3.05, 3.63) is 11.5 Å². The molecule has 0 saturated heterocycles. The Morgan fingerprint density at radius 2 is 2.50 bits per heavy atom. The second kappa shape index (κ2) is 2.17. The number of rotatable bonds is 0. The van der Waals surface area contributed by atoms with Crippen molar-refractivity contribution in [2.75, 3.05) is 7.05 Å². The average molecular weight is 152 g/mol. The molecule has 0 amide bonds. The standard InChI is InChI=1S/C4H6ClNOS/c1-6-4(5)2-3-8(6)7/h2-4H,1H3. The first-order valence-electron chi connectivity index (χ1n) is 2.18. The summed E-state index contributed by atoms with van der Waals surface area (Å²) in [6.07, 6.45) is 1.71. The van der Waals surface area contributed by atoms with Crippen LogP contribution in [0, 0.1) is 0 Å². The van der Waals surface area contributed by atoms with Crippen molar-refractivity contribution in [1.29, 1.82) is 0 Å². The summed E-state index contributed by atoms with van der Waals surface area (Å²) in [5, 5.41) is 1.58. The molecule has 1 aliphatic heterocycles. The van der Waals surface area contributed by atoms with Crippen molar-refractivity contribution in [1.82, 2.24) is 4.31 Å². The Kier molecular flexibility index (Phi) is 1.70. The molecule has 0 fully saturated rings. The highest BCUT2D eigenvalue weighted by Crippen LogP contribution is 2.14. The third-order valence-corrected chi connectivity index (χ3v) is 2.72. The van der Waals surface area contributed by atoms with Crippen LogP contribution in [0.1, 0.15) is 0 Å². The minimum Gasteiger partial charge on any atom is -0.238 e. The van der Waals surface area contributed by atoms with Gasteiger partial charge in [-0.1, -0.05) is 11.6 Å². The predicted molar refractivity (Wildman–Crippen MR) is 34.7 cm³/mol. The van der Waals surface area contributed by atoms with E-state index in [0.29, 0.717) is 0 Å². The van der Waals surface area contributed by atoms with Crippen molar-refractivity contribution in [2.45, 2.75) is 5.50 Å². The first-order valence-corrected chi connectivity index (χ1v) is 3.78. The van der Waals surface area contributed by atoms with Gasteiger partial charge in [-0.2, -0.15) is 0 Å². The second-order valence-electron chi connectivity index (χ2n) is 1.52. The van der Waals surface area contributed by atoms with Crippen molar-refractivity contribution in [3.63, 3.8) is 0 Å². The van der Waals surface area contributed by atoms with Crippen LogP contribution in [0.5, 0.6) is 0 Å². The zero-order valence-corrected chi connectivity index (χ0v) is 5.95. The minimum atomic E-state index is -0.977. The highest BCUT2D eigenvalue weighted by Gasteiger charge is 2.18. The topological polar surface area (TPSA) is 20.3 Å². The molecule has 0 bridgehead atoms. The van der Waals surface area contributed by atoms with Crippen LogP contribution >= 0.6 is 11.6 Å². The molecule has 0 N–H and O–H groups in total. The van der Waals surface area contributed by atoms with Crippen LogP contribution < -0.4 is 0 Å². The van der Waals surface area contributed by atoms with Gasteiger partial charge in [0.1, 0.15) is 16.5 Å². The van der Waals surface area contributed by atoms with Crippen LogP contribution in [0.3, 0.4) is 0 Å². The Labute approximate surface area is 55.7 Å². The number of nitrogens with zero attached hydrogens (tertiary/aromatic N) is 1. The quantitative estimate of drug-likeness (QED) is 0.368. The molecule has 2 unspecified atom stereocenters. The second-order valence-corrected chi connectivity index (χ2v) is 3.37. The average Bonchev–Trinajstić information content (AvgIpc) is 1.98. The van der Waals surface area contributed by atoms with Crippen LogP contribution in [0.25, 0.3) is 0 Å². The first-order chi connectivity index (χ1) is 3.72. The molecule has 2 nitrogen and oxygen atoms in total. The fraction of sp³-hybridized carbons (Fsp3) is 0.500. The van der Waals surface area contributed by atoms with Gasteiger partial charge in [-0.3, -0.25) is 0 Å². The van der Waals surface area contributed by atoms with E-state index in [1.807, 2.05) is 0 Å². The maximum atomic E-state index is 10.7. The van der Waals surface area contributed by atoms with Gasteiger partial charge in [-0.15, -0.1) is 0 Å². The summed E-state index contributed by atoms with van der Waals surface area (Å²) in [4.78, 5) is 0. The van der Waals surface area contributed by atoms with Gasteiger partial charge in [0.05, 0.1) is 0 Å². The lowest BCUT2D eigenvalue weighted by atomic mass is 10.6. The molecular weight excluding hydrogens is 146 g/mol. The molecule has 0 aromatic rings. The smallest absolute Gasteiger partial charge is 0.121 e. The van der Waals surface area contributed by atoms with Crippen molar-refractivity contribution in [2.24, 2.45) is 0 Å². The molecule has 0 saturated carbocycles. The Hall–Kier alpha value is 0.140. The van der Waals surface area contributed by atoms with Crippen LogP contribution in [0.15, 0.2) is 11.5 Å². The monoisotopic (exact) mass is 151 g/mol.